The van der Waals surface area contributed by atoms with Crippen LogP contribution in [0, 0.1) is 5.92 Å². The Morgan fingerprint density at radius 3 is 2.29 bits per heavy atom. The van der Waals surface area contributed by atoms with Crippen molar-refractivity contribution in [2.75, 3.05) is 0 Å². The largest absolute Gasteiger partial charge is 0.456 e. The molecule has 0 spiro atoms. The summed E-state index contributed by atoms with van der Waals surface area (Å²) in [6.07, 6.45) is 1.84. The van der Waals surface area contributed by atoms with E-state index < -0.39 is 0 Å². The Balaban J connectivity index is 4.55. The fourth-order valence-electron chi connectivity index (χ4n) is 1.25. The first-order chi connectivity index (χ1) is 6.37. The molecule has 0 saturated carbocycles. The lowest BCUT2D eigenvalue weighted by molar-refractivity contribution is -0.158. The van der Waals surface area contributed by atoms with Crippen molar-refractivity contribution in [3.05, 3.63) is 12.2 Å². The molecule has 82 valence electrons. The molecule has 2 unspecified atom stereocenters. The van der Waals surface area contributed by atoms with E-state index in [4.69, 9.17) is 4.74 Å². The molecule has 0 aliphatic heterocycles. The highest BCUT2D eigenvalue weighted by Gasteiger charge is 2.32. The first-order valence-electron chi connectivity index (χ1n) is 5.26. The lowest BCUT2D eigenvalue weighted by Crippen LogP contribution is -2.37. The van der Waals surface area contributed by atoms with Crippen molar-refractivity contribution in [2.45, 2.75) is 53.1 Å². The van der Waals surface area contributed by atoms with Gasteiger partial charge in [0.15, 0.2) is 0 Å². The maximum absolute atomic E-state index is 11.4. The van der Waals surface area contributed by atoms with E-state index in [1.807, 2.05) is 13.8 Å². The molecule has 0 aromatic carbocycles. The molecule has 2 atom stereocenters. The Labute approximate surface area is 87.3 Å². The van der Waals surface area contributed by atoms with Gasteiger partial charge in [-0.15, -0.1) is 0 Å². The number of ether oxygens (including phenoxy) is 1. The van der Waals surface area contributed by atoms with Crippen molar-refractivity contribution >= 4 is 5.97 Å². The summed E-state index contributed by atoms with van der Waals surface area (Å²) >= 11 is 0. The zero-order chi connectivity index (χ0) is 11.4. The van der Waals surface area contributed by atoms with Crippen LogP contribution in [0.2, 0.25) is 0 Å². The standard InChI is InChI=1S/C12H22O2/c1-7-10(5)12(6,8-2)14-11(13)9(3)4/h10H,3,7-8H2,1-2,4-6H3. The minimum absolute atomic E-state index is 0.283. The SMILES string of the molecule is C=C(C)C(=O)OC(C)(CC)C(C)CC. The summed E-state index contributed by atoms with van der Waals surface area (Å²) < 4.78 is 5.46. The topological polar surface area (TPSA) is 26.3 Å². The van der Waals surface area contributed by atoms with Gasteiger partial charge >= 0.3 is 5.97 Å². The van der Waals surface area contributed by atoms with Gasteiger partial charge in [-0.05, 0) is 32.6 Å². The smallest absolute Gasteiger partial charge is 0.333 e. The number of esters is 1. The zero-order valence-corrected chi connectivity index (χ0v) is 10.0. The Bertz CT molecular complexity index is 220. The second-order valence-electron chi connectivity index (χ2n) is 4.15. The van der Waals surface area contributed by atoms with Gasteiger partial charge in [0, 0.05) is 5.57 Å². The summed E-state index contributed by atoms with van der Waals surface area (Å²) in [4.78, 5) is 11.4. The number of hydrogen-bond acceptors (Lipinski definition) is 2. The third-order valence-corrected chi connectivity index (χ3v) is 3.03. The molecule has 0 bridgehead atoms. The van der Waals surface area contributed by atoms with Gasteiger partial charge in [-0.2, -0.15) is 0 Å². The summed E-state index contributed by atoms with van der Waals surface area (Å²) in [6.45, 7) is 13.5. The molecular formula is C12H22O2. The number of rotatable bonds is 5. The third kappa shape index (κ3) is 3.17. The molecule has 0 amide bonds. The second kappa shape index (κ2) is 5.18. The monoisotopic (exact) mass is 198 g/mol. The summed E-state index contributed by atoms with van der Waals surface area (Å²) in [5, 5.41) is 0. The average Bonchev–Trinajstić information content (AvgIpc) is 2.15. The normalized spacial score (nSPS) is 16.9. The molecule has 2 nitrogen and oxygen atoms in total. The molecule has 0 aliphatic rings. The highest BCUT2D eigenvalue weighted by Crippen LogP contribution is 2.28. The molecule has 2 heteroatoms. The van der Waals surface area contributed by atoms with Crippen LogP contribution in [0.1, 0.15) is 47.5 Å². The maximum atomic E-state index is 11.4. The highest BCUT2D eigenvalue weighted by atomic mass is 16.6. The van der Waals surface area contributed by atoms with E-state index in [0.717, 1.165) is 12.8 Å². The minimum atomic E-state index is -0.356. The van der Waals surface area contributed by atoms with Crippen molar-refractivity contribution in [2.24, 2.45) is 5.92 Å². The van der Waals surface area contributed by atoms with E-state index >= 15 is 0 Å². The molecule has 0 heterocycles. The fraction of sp³-hybridized carbons (Fsp3) is 0.750. The predicted molar refractivity (Wildman–Crippen MR) is 59.1 cm³/mol. The molecule has 0 radical (unpaired) electrons. The highest BCUT2D eigenvalue weighted by molar-refractivity contribution is 5.87. The summed E-state index contributed by atoms with van der Waals surface area (Å²) in [5.74, 6) is 0.0884. The first kappa shape index (κ1) is 13.2. The molecule has 0 aromatic rings. The third-order valence-electron chi connectivity index (χ3n) is 3.03. The van der Waals surface area contributed by atoms with Crippen LogP contribution < -0.4 is 0 Å². The Morgan fingerprint density at radius 2 is 2.00 bits per heavy atom. The Hall–Kier alpha value is -0.790. The fourth-order valence-corrected chi connectivity index (χ4v) is 1.25. The van der Waals surface area contributed by atoms with Crippen molar-refractivity contribution < 1.29 is 9.53 Å². The van der Waals surface area contributed by atoms with Gasteiger partial charge < -0.3 is 4.74 Å². The van der Waals surface area contributed by atoms with E-state index in [2.05, 4.69) is 20.4 Å². The van der Waals surface area contributed by atoms with Crippen molar-refractivity contribution in [3.63, 3.8) is 0 Å². The number of carbonyl (C=O) groups is 1. The van der Waals surface area contributed by atoms with E-state index in [1.54, 1.807) is 6.92 Å². The van der Waals surface area contributed by atoms with Gasteiger partial charge in [-0.3, -0.25) is 0 Å². The van der Waals surface area contributed by atoms with E-state index in [-0.39, 0.29) is 11.6 Å². The van der Waals surface area contributed by atoms with Crippen molar-refractivity contribution in [1.82, 2.24) is 0 Å². The maximum Gasteiger partial charge on any atom is 0.333 e. The van der Waals surface area contributed by atoms with Gasteiger partial charge in [0.05, 0.1) is 0 Å². The molecule has 14 heavy (non-hydrogen) atoms. The Morgan fingerprint density at radius 1 is 1.50 bits per heavy atom. The van der Waals surface area contributed by atoms with E-state index in [9.17, 15) is 4.79 Å². The van der Waals surface area contributed by atoms with Gasteiger partial charge in [0.25, 0.3) is 0 Å². The lowest BCUT2D eigenvalue weighted by Gasteiger charge is -2.34. The van der Waals surface area contributed by atoms with Crippen LogP contribution in [0.3, 0.4) is 0 Å². The Kier molecular flexibility index (Phi) is 4.89. The quantitative estimate of drug-likeness (QED) is 0.500. The van der Waals surface area contributed by atoms with E-state index in [1.165, 1.54) is 0 Å². The van der Waals surface area contributed by atoms with Crippen molar-refractivity contribution in [3.8, 4) is 0 Å². The van der Waals surface area contributed by atoms with Gasteiger partial charge in [-0.1, -0.05) is 27.4 Å². The van der Waals surface area contributed by atoms with Crippen LogP contribution in [0.4, 0.5) is 0 Å². The average molecular weight is 198 g/mol. The van der Waals surface area contributed by atoms with Crippen LogP contribution >= 0.6 is 0 Å². The molecule has 0 fully saturated rings. The zero-order valence-electron chi connectivity index (χ0n) is 10.0. The van der Waals surface area contributed by atoms with E-state index in [0.29, 0.717) is 11.5 Å². The second-order valence-corrected chi connectivity index (χ2v) is 4.15. The van der Waals surface area contributed by atoms with Gasteiger partial charge in [0.1, 0.15) is 5.60 Å². The summed E-state index contributed by atoms with van der Waals surface area (Å²) in [5.41, 5.74) is 0.109. The van der Waals surface area contributed by atoms with Crippen LogP contribution in [-0.2, 0) is 9.53 Å². The van der Waals surface area contributed by atoms with Gasteiger partial charge in [-0.25, -0.2) is 4.79 Å². The van der Waals surface area contributed by atoms with Crippen LogP contribution in [0.25, 0.3) is 0 Å². The molecule has 0 rings (SSSR count). The first-order valence-corrected chi connectivity index (χ1v) is 5.26. The minimum Gasteiger partial charge on any atom is -0.456 e. The summed E-state index contributed by atoms with van der Waals surface area (Å²) in [6, 6.07) is 0. The predicted octanol–water partition coefficient (Wildman–Crippen LogP) is 3.32. The molecule has 0 aliphatic carbocycles. The van der Waals surface area contributed by atoms with Crippen LogP contribution in [-0.4, -0.2) is 11.6 Å². The number of hydrogen-bond donors (Lipinski definition) is 0. The van der Waals surface area contributed by atoms with Crippen molar-refractivity contribution in [1.29, 1.82) is 0 Å². The molecular weight excluding hydrogens is 176 g/mol. The molecule has 0 saturated heterocycles. The summed E-state index contributed by atoms with van der Waals surface area (Å²) in [7, 11) is 0. The van der Waals surface area contributed by atoms with Crippen LogP contribution in [0.15, 0.2) is 12.2 Å². The van der Waals surface area contributed by atoms with Crippen LogP contribution in [0.5, 0.6) is 0 Å². The molecule has 0 aromatic heterocycles. The lowest BCUT2D eigenvalue weighted by atomic mass is 9.86. The van der Waals surface area contributed by atoms with Gasteiger partial charge in [0.2, 0.25) is 0 Å². The molecule has 0 N–H and O–H groups in total. The number of carbonyl (C=O) groups excluding carboxylic acids is 1.